The van der Waals surface area contributed by atoms with E-state index in [1.165, 1.54) is 11.4 Å². The molecular weight excluding hydrogens is 442 g/mol. The molecule has 3 aromatic rings. The van der Waals surface area contributed by atoms with E-state index in [1.807, 2.05) is 48.9 Å². The van der Waals surface area contributed by atoms with Crippen molar-refractivity contribution in [3.8, 4) is 11.4 Å². The molecule has 0 aliphatic carbocycles. The van der Waals surface area contributed by atoms with E-state index in [-0.39, 0.29) is 11.4 Å². The highest BCUT2D eigenvalue weighted by Crippen LogP contribution is 2.29. The molecule has 0 saturated carbocycles. The summed E-state index contributed by atoms with van der Waals surface area (Å²) in [5, 5.41) is 4.60. The minimum absolute atomic E-state index is 0.202. The predicted molar refractivity (Wildman–Crippen MR) is 112 cm³/mol. The number of aryl methyl sites for hydroxylation is 1. The van der Waals surface area contributed by atoms with Gasteiger partial charge in [-0.1, -0.05) is 18.2 Å². The van der Waals surface area contributed by atoms with Crippen LogP contribution in [0.3, 0.4) is 0 Å². The Morgan fingerprint density at radius 1 is 1.14 bits per heavy atom. The van der Waals surface area contributed by atoms with Crippen molar-refractivity contribution in [2.45, 2.75) is 25.3 Å². The van der Waals surface area contributed by atoms with E-state index in [2.05, 4.69) is 21.0 Å². The number of benzene rings is 2. The molecule has 0 unspecified atom stereocenters. The van der Waals surface area contributed by atoms with Crippen LogP contribution >= 0.6 is 15.9 Å². The first kappa shape index (κ1) is 20.6. The van der Waals surface area contributed by atoms with Crippen LogP contribution in [0.1, 0.15) is 17.0 Å². The van der Waals surface area contributed by atoms with Gasteiger partial charge < -0.3 is 4.74 Å². The van der Waals surface area contributed by atoms with Gasteiger partial charge >= 0.3 is 0 Å². The standard InChI is InChI=1S/C20H22BrN3O3S/c1-14-18(15(2)24(22-14)16-8-6-5-7-9-16)13-23(3)28(25,26)17-10-11-20(27-4)19(21)12-17/h5-12H,13H2,1-4H3. The molecule has 0 atom stereocenters. The van der Waals surface area contributed by atoms with Gasteiger partial charge in [-0.15, -0.1) is 0 Å². The highest BCUT2D eigenvalue weighted by molar-refractivity contribution is 9.10. The van der Waals surface area contributed by atoms with Crippen LogP contribution in [-0.4, -0.2) is 36.7 Å². The van der Waals surface area contributed by atoms with Gasteiger partial charge in [-0.05, 0) is 60.1 Å². The van der Waals surface area contributed by atoms with Crippen LogP contribution in [-0.2, 0) is 16.6 Å². The fourth-order valence-electron chi connectivity index (χ4n) is 3.02. The molecular formula is C20H22BrN3O3S. The summed E-state index contributed by atoms with van der Waals surface area (Å²) in [7, 11) is -0.549. The molecule has 2 aromatic carbocycles. The van der Waals surface area contributed by atoms with Gasteiger partial charge in [0.05, 0.1) is 27.9 Å². The summed E-state index contributed by atoms with van der Waals surface area (Å²) in [6.45, 7) is 4.08. The number of nitrogens with zero attached hydrogens (tertiary/aromatic N) is 3. The predicted octanol–water partition coefficient (Wildman–Crippen LogP) is 4.08. The SMILES string of the molecule is COc1ccc(S(=O)(=O)N(C)Cc2c(C)nn(-c3ccccc3)c2C)cc1Br. The highest BCUT2D eigenvalue weighted by atomic mass is 79.9. The first-order valence-corrected chi connectivity index (χ1v) is 10.9. The summed E-state index contributed by atoms with van der Waals surface area (Å²) in [5.74, 6) is 0.581. The van der Waals surface area contributed by atoms with E-state index in [9.17, 15) is 8.42 Å². The fourth-order valence-corrected chi connectivity index (χ4v) is 4.88. The number of ether oxygens (including phenoxy) is 1. The number of para-hydroxylation sites is 1. The van der Waals surface area contributed by atoms with Crippen LogP contribution in [0.2, 0.25) is 0 Å². The molecule has 0 bridgehead atoms. The third kappa shape index (κ3) is 3.85. The van der Waals surface area contributed by atoms with Crippen LogP contribution in [0.5, 0.6) is 5.75 Å². The van der Waals surface area contributed by atoms with Crippen molar-refractivity contribution >= 4 is 26.0 Å². The van der Waals surface area contributed by atoms with Gasteiger partial charge in [-0.2, -0.15) is 9.40 Å². The quantitative estimate of drug-likeness (QED) is 0.552. The summed E-state index contributed by atoms with van der Waals surface area (Å²) in [5.41, 5.74) is 3.56. The average Bonchev–Trinajstić information content (AvgIpc) is 2.96. The molecule has 0 saturated heterocycles. The lowest BCUT2D eigenvalue weighted by Crippen LogP contribution is -2.27. The normalized spacial score (nSPS) is 11.8. The lowest BCUT2D eigenvalue weighted by Gasteiger charge is -2.18. The number of hydrogen-bond donors (Lipinski definition) is 0. The average molecular weight is 464 g/mol. The summed E-state index contributed by atoms with van der Waals surface area (Å²) in [6, 6.07) is 14.5. The fraction of sp³-hybridized carbons (Fsp3) is 0.250. The summed E-state index contributed by atoms with van der Waals surface area (Å²) < 4.78 is 35.0. The second-order valence-electron chi connectivity index (χ2n) is 6.45. The van der Waals surface area contributed by atoms with E-state index < -0.39 is 10.0 Å². The molecule has 0 aliphatic rings. The molecule has 1 aromatic heterocycles. The molecule has 28 heavy (non-hydrogen) atoms. The zero-order chi connectivity index (χ0) is 20.5. The zero-order valence-corrected chi connectivity index (χ0v) is 18.6. The van der Waals surface area contributed by atoms with Crippen LogP contribution in [0.4, 0.5) is 0 Å². The molecule has 0 aliphatic heterocycles. The number of aromatic nitrogens is 2. The van der Waals surface area contributed by atoms with Crippen LogP contribution < -0.4 is 4.74 Å². The lowest BCUT2D eigenvalue weighted by molar-refractivity contribution is 0.411. The molecule has 8 heteroatoms. The van der Waals surface area contributed by atoms with E-state index in [4.69, 9.17) is 4.74 Å². The Kier molecular flexibility index (Phi) is 5.92. The maximum atomic E-state index is 13.0. The van der Waals surface area contributed by atoms with Gasteiger partial charge in [0.1, 0.15) is 5.75 Å². The molecule has 0 N–H and O–H groups in total. The molecule has 6 nitrogen and oxygen atoms in total. The van der Waals surface area contributed by atoms with Crippen molar-refractivity contribution in [2.75, 3.05) is 14.2 Å². The summed E-state index contributed by atoms with van der Waals surface area (Å²) in [6.07, 6.45) is 0. The zero-order valence-electron chi connectivity index (χ0n) is 16.2. The van der Waals surface area contributed by atoms with Crippen molar-refractivity contribution in [1.29, 1.82) is 0 Å². The van der Waals surface area contributed by atoms with Crippen LogP contribution in [0.25, 0.3) is 5.69 Å². The van der Waals surface area contributed by atoms with E-state index in [0.717, 1.165) is 22.6 Å². The third-order valence-corrected chi connectivity index (χ3v) is 7.07. The van der Waals surface area contributed by atoms with Crippen LogP contribution in [0, 0.1) is 13.8 Å². The maximum Gasteiger partial charge on any atom is 0.243 e. The number of sulfonamides is 1. The Bertz CT molecular complexity index is 1100. The lowest BCUT2D eigenvalue weighted by atomic mass is 10.2. The highest BCUT2D eigenvalue weighted by Gasteiger charge is 2.24. The Labute approximate surface area is 173 Å². The maximum absolute atomic E-state index is 13.0. The first-order valence-electron chi connectivity index (χ1n) is 8.66. The Morgan fingerprint density at radius 3 is 2.43 bits per heavy atom. The Balaban J connectivity index is 1.91. The number of rotatable bonds is 6. The van der Waals surface area contributed by atoms with Crippen LogP contribution in [0.15, 0.2) is 57.9 Å². The minimum atomic E-state index is -3.66. The van der Waals surface area contributed by atoms with Crippen molar-refractivity contribution in [3.63, 3.8) is 0 Å². The van der Waals surface area contributed by atoms with Gasteiger partial charge in [0.2, 0.25) is 10.0 Å². The number of methoxy groups -OCH3 is 1. The third-order valence-electron chi connectivity index (χ3n) is 4.65. The minimum Gasteiger partial charge on any atom is -0.496 e. The van der Waals surface area contributed by atoms with Crippen molar-refractivity contribution in [2.24, 2.45) is 0 Å². The van der Waals surface area contributed by atoms with Gasteiger partial charge in [0, 0.05) is 24.8 Å². The monoisotopic (exact) mass is 463 g/mol. The number of halogens is 1. The molecule has 0 radical (unpaired) electrons. The molecule has 148 valence electrons. The molecule has 1 heterocycles. The van der Waals surface area contributed by atoms with E-state index in [1.54, 1.807) is 25.2 Å². The molecule has 0 fully saturated rings. The van der Waals surface area contributed by atoms with Gasteiger partial charge in [-0.3, -0.25) is 0 Å². The second-order valence-corrected chi connectivity index (χ2v) is 9.35. The van der Waals surface area contributed by atoms with Gasteiger partial charge in [0.25, 0.3) is 0 Å². The van der Waals surface area contributed by atoms with Gasteiger partial charge in [0.15, 0.2) is 0 Å². The smallest absolute Gasteiger partial charge is 0.243 e. The topological polar surface area (TPSA) is 64.4 Å². The van der Waals surface area contributed by atoms with Gasteiger partial charge in [-0.25, -0.2) is 13.1 Å². The van der Waals surface area contributed by atoms with Crippen molar-refractivity contribution in [3.05, 3.63) is 70.0 Å². The van der Waals surface area contributed by atoms with E-state index in [0.29, 0.717) is 10.2 Å². The largest absolute Gasteiger partial charge is 0.496 e. The second kappa shape index (κ2) is 8.06. The molecule has 0 spiro atoms. The van der Waals surface area contributed by atoms with Crippen molar-refractivity contribution < 1.29 is 13.2 Å². The van der Waals surface area contributed by atoms with Crippen molar-refractivity contribution in [1.82, 2.24) is 14.1 Å². The molecule has 0 amide bonds. The number of hydrogen-bond acceptors (Lipinski definition) is 4. The first-order chi connectivity index (χ1) is 13.3. The Hall–Kier alpha value is -2.16. The summed E-state index contributed by atoms with van der Waals surface area (Å²) in [4.78, 5) is 0.202. The summed E-state index contributed by atoms with van der Waals surface area (Å²) >= 11 is 3.35. The van der Waals surface area contributed by atoms with E-state index >= 15 is 0 Å². The Morgan fingerprint density at radius 2 is 1.82 bits per heavy atom. The molecule has 3 rings (SSSR count).